The standard InChI is InChI=1S/C21H16N2O3S2/c1-25-16-9-6-12(11-18-20(24)23-21(27)28-18)10-14(16)15-8-7-13-4-3-5-17(26-2)19(13)22-15/h3-11H,1-2H3,(H,23,24,27)/b18-11-. The molecule has 1 saturated heterocycles. The van der Waals surface area contributed by atoms with Gasteiger partial charge >= 0.3 is 0 Å². The van der Waals surface area contributed by atoms with Gasteiger partial charge in [0.25, 0.3) is 5.91 Å². The summed E-state index contributed by atoms with van der Waals surface area (Å²) >= 11 is 6.30. The van der Waals surface area contributed by atoms with Gasteiger partial charge in [-0.25, -0.2) is 4.98 Å². The molecule has 7 heteroatoms. The second-order valence-corrected chi connectivity index (χ2v) is 7.76. The Morgan fingerprint density at radius 3 is 2.61 bits per heavy atom. The SMILES string of the molecule is COc1ccc(/C=C2\SC(=S)NC2=O)cc1-c1ccc2cccc(OC)c2n1. The van der Waals surface area contributed by atoms with E-state index in [0.717, 1.165) is 27.7 Å². The van der Waals surface area contributed by atoms with E-state index in [4.69, 9.17) is 26.7 Å². The molecule has 1 fully saturated rings. The average molecular weight is 409 g/mol. The third-order valence-electron chi connectivity index (χ3n) is 4.34. The van der Waals surface area contributed by atoms with E-state index < -0.39 is 0 Å². The number of rotatable bonds is 4. The Morgan fingerprint density at radius 1 is 1.07 bits per heavy atom. The normalized spacial score (nSPS) is 15.1. The van der Waals surface area contributed by atoms with Crippen molar-refractivity contribution in [2.75, 3.05) is 14.2 Å². The number of benzene rings is 2. The predicted molar refractivity (Wildman–Crippen MR) is 117 cm³/mol. The number of aromatic nitrogens is 1. The zero-order valence-corrected chi connectivity index (χ0v) is 16.8. The summed E-state index contributed by atoms with van der Waals surface area (Å²) in [5.41, 5.74) is 3.23. The predicted octanol–water partition coefficient (Wildman–Crippen LogP) is 4.41. The van der Waals surface area contributed by atoms with Gasteiger partial charge in [-0.2, -0.15) is 0 Å². The van der Waals surface area contributed by atoms with E-state index in [-0.39, 0.29) is 5.91 Å². The summed E-state index contributed by atoms with van der Waals surface area (Å²) in [6, 6.07) is 15.5. The van der Waals surface area contributed by atoms with Crippen molar-refractivity contribution in [1.29, 1.82) is 0 Å². The van der Waals surface area contributed by atoms with E-state index in [2.05, 4.69) is 5.32 Å². The molecule has 4 rings (SSSR count). The minimum absolute atomic E-state index is 0.180. The lowest BCUT2D eigenvalue weighted by atomic mass is 10.0. The highest BCUT2D eigenvalue weighted by atomic mass is 32.2. The maximum atomic E-state index is 11.9. The Balaban J connectivity index is 1.83. The molecular formula is C21H16N2O3S2. The van der Waals surface area contributed by atoms with Crippen molar-refractivity contribution >= 4 is 51.2 Å². The number of ether oxygens (including phenoxy) is 2. The quantitative estimate of drug-likeness (QED) is 0.510. The zero-order chi connectivity index (χ0) is 19.7. The van der Waals surface area contributed by atoms with Crippen molar-refractivity contribution < 1.29 is 14.3 Å². The van der Waals surface area contributed by atoms with Crippen LogP contribution in [0.4, 0.5) is 0 Å². The van der Waals surface area contributed by atoms with Gasteiger partial charge in [0, 0.05) is 10.9 Å². The number of para-hydroxylation sites is 1. The summed E-state index contributed by atoms with van der Waals surface area (Å²) in [6.45, 7) is 0. The Bertz CT molecular complexity index is 1140. The zero-order valence-electron chi connectivity index (χ0n) is 15.2. The summed E-state index contributed by atoms with van der Waals surface area (Å²) in [7, 11) is 3.25. The van der Waals surface area contributed by atoms with Crippen molar-refractivity contribution in [3.05, 3.63) is 59.0 Å². The van der Waals surface area contributed by atoms with E-state index in [9.17, 15) is 4.79 Å². The van der Waals surface area contributed by atoms with Crippen LogP contribution in [0, 0.1) is 0 Å². The van der Waals surface area contributed by atoms with Gasteiger partial charge in [0.15, 0.2) is 0 Å². The summed E-state index contributed by atoms with van der Waals surface area (Å²) < 4.78 is 11.4. The fraction of sp³-hybridized carbons (Fsp3) is 0.0952. The lowest BCUT2D eigenvalue weighted by molar-refractivity contribution is -0.115. The van der Waals surface area contributed by atoms with E-state index in [0.29, 0.717) is 20.7 Å². The number of nitrogens with zero attached hydrogens (tertiary/aromatic N) is 1. The van der Waals surface area contributed by atoms with E-state index in [1.807, 2.05) is 54.6 Å². The molecule has 0 spiro atoms. The topological polar surface area (TPSA) is 60.5 Å². The molecule has 0 aliphatic carbocycles. The van der Waals surface area contributed by atoms with Crippen LogP contribution < -0.4 is 14.8 Å². The number of pyridine rings is 1. The molecule has 2 aromatic carbocycles. The monoisotopic (exact) mass is 408 g/mol. The number of thiocarbonyl (C=S) groups is 1. The van der Waals surface area contributed by atoms with Crippen LogP contribution in [0.25, 0.3) is 28.2 Å². The number of carbonyl (C=O) groups is 1. The first-order chi connectivity index (χ1) is 13.6. The van der Waals surface area contributed by atoms with Crippen LogP contribution in [-0.2, 0) is 4.79 Å². The van der Waals surface area contributed by atoms with Crippen LogP contribution in [0.5, 0.6) is 11.5 Å². The number of hydrogen-bond donors (Lipinski definition) is 1. The summed E-state index contributed by atoms with van der Waals surface area (Å²) in [5, 5.41) is 3.62. The highest BCUT2D eigenvalue weighted by Crippen LogP contribution is 2.34. The molecule has 0 atom stereocenters. The second-order valence-electron chi connectivity index (χ2n) is 6.04. The van der Waals surface area contributed by atoms with Gasteiger partial charge in [-0.3, -0.25) is 4.79 Å². The molecule has 1 aliphatic rings. The van der Waals surface area contributed by atoms with Crippen LogP contribution >= 0.6 is 24.0 Å². The highest BCUT2D eigenvalue weighted by Gasteiger charge is 2.22. The molecule has 0 saturated carbocycles. The first-order valence-electron chi connectivity index (χ1n) is 8.46. The van der Waals surface area contributed by atoms with Crippen molar-refractivity contribution in [3.63, 3.8) is 0 Å². The number of hydrogen-bond acceptors (Lipinski definition) is 6. The van der Waals surface area contributed by atoms with E-state index in [1.54, 1.807) is 14.2 Å². The third-order valence-corrected chi connectivity index (χ3v) is 5.51. The van der Waals surface area contributed by atoms with Crippen LogP contribution in [0.1, 0.15) is 5.56 Å². The van der Waals surface area contributed by atoms with Crippen LogP contribution in [0.15, 0.2) is 53.4 Å². The molecule has 0 bridgehead atoms. The summed E-state index contributed by atoms with van der Waals surface area (Å²) in [5.74, 6) is 1.23. The minimum atomic E-state index is -0.180. The van der Waals surface area contributed by atoms with Crippen LogP contribution in [0.2, 0.25) is 0 Å². The first-order valence-corrected chi connectivity index (χ1v) is 9.68. The van der Waals surface area contributed by atoms with Gasteiger partial charge in [0.2, 0.25) is 0 Å². The maximum absolute atomic E-state index is 11.9. The van der Waals surface area contributed by atoms with Gasteiger partial charge < -0.3 is 14.8 Å². The smallest absolute Gasteiger partial charge is 0.263 e. The molecule has 140 valence electrons. The lowest BCUT2D eigenvalue weighted by Gasteiger charge is -2.11. The molecule has 5 nitrogen and oxygen atoms in total. The second kappa shape index (κ2) is 7.61. The molecule has 28 heavy (non-hydrogen) atoms. The lowest BCUT2D eigenvalue weighted by Crippen LogP contribution is -2.17. The Kier molecular flexibility index (Phi) is 5.02. The number of carbonyl (C=O) groups excluding carboxylic acids is 1. The van der Waals surface area contributed by atoms with E-state index >= 15 is 0 Å². The summed E-state index contributed by atoms with van der Waals surface area (Å²) in [6.07, 6.45) is 1.81. The van der Waals surface area contributed by atoms with Gasteiger partial charge in [-0.1, -0.05) is 48.2 Å². The summed E-state index contributed by atoms with van der Waals surface area (Å²) in [4.78, 5) is 17.3. The maximum Gasteiger partial charge on any atom is 0.263 e. The van der Waals surface area contributed by atoms with Gasteiger partial charge in [0.05, 0.1) is 24.8 Å². The number of thioether (sulfide) groups is 1. The van der Waals surface area contributed by atoms with Crippen molar-refractivity contribution in [1.82, 2.24) is 10.3 Å². The molecule has 2 heterocycles. The van der Waals surface area contributed by atoms with Gasteiger partial charge in [0.1, 0.15) is 21.3 Å². The minimum Gasteiger partial charge on any atom is -0.496 e. The fourth-order valence-electron chi connectivity index (χ4n) is 3.02. The largest absolute Gasteiger partial charge is 0.496 e. The van der Waals surface area contributed by atoms with Crippen molar-refractivity contribution in [3.8, 4) is 22.8 Å². The average Bonchev–Trinajstić information content (AvgIpc) is 3.03. The molecule has 1 N–H and O–H groups in total. The Morgan fingerprint density at radius 2 is 1.89 bits per heavy atom. The number of methoxy groups -OCH3 is 2. The molecule has 1 aromatic heterocycles. The van der Waals surface area contributed by atoms with Gasteiger partial charge in [-0.15, -0.1) is 0 Å². The fourth-order valence-corrected chi connectivity index (χ4v) is 4.07. The molecule has 1 aliphatic heterocycles. The first kappa shape index (κ1) is 18.5. The van der Waals surface area contributed by atoms with Crippen LogP contribution in [-0.4, -0.2) is 29.4 Å². The van der Waals surface area contributed by atoms with Crippen molar-refractivity contribution in [2.24, 2.45) is 0 Å². The number of nitrogens with one attached hydrogen (secondary N) is 1. The van der Waals surface area contributed by atoms with Crippen molar-refractivity contribution in [2.45, 2.75) is 0 Å². The Hall–Kier alpha value is -2.90. The highest BCUT2D eigenvalue weighted by molar-refractivity contribution is 8.26. The molecule has 3 aromatic rings. The molecule has 0 radical (unpaired) electrons. The van der Waals surface area contributed by atoms with E-state index in [1.165, 1.54) is 11.8 Å². The number of fused-ring (bicyclic) bond motifs is 1. The molecule has 0 unspecified atom stereocenters. The van der Waals surface area contributed by atoms with Crippen LogP contribution in [0.3, 0.4) is 0 Å². The third kappa shape index (κ3) is 3.46. The van der Waals surface area contributed by atoms with Gasteiger partial charge in [-0.05, 0) is 35.9 Å². The molecular weight excluding hydrogens is 392 g/mol. The molecule has 1 amide bonds. The number of amides is 1. The Labute approximate surface area is 171 Å².